The molecule has 3 aromatic rings. The number of hydrogen-bond donors (Lipinski definition) is 0. The van der Waals surface area contributed by atoms with Crippen molar-refractivity contribution in [3.8, 4) is 0 Å². The molecular weight excluding hydrogens is 248 g/mol. The molecule has 0 aliphatic heterocycles. The van der Waals surface area contributed by atoms with Gasteiger partial charge in [0, 0.05) is 4.90 Å². The Balaban J connectivity index is 2.24. The van der Waals surface area contributed by atoms with Gasteiger partial charge in [-0.3, -0.25) is 0 Å². The Morgan fingerprint density at radius 2 is 1.26 bits per heavy atom. The molecule has 0 fully saturated rings. The van der Waals surface area contributed by atoms with E-state index < -0.39 is 10.0 Å². The van der Waals surface area contributed by atoms with Crippen molar-refractivity contribution < 1.29 is 0 Å². The van der Waals surface area contributed by atoms with E-state index in [2.05, 4.69) is 85.3 Å². The molecule has 0 heterocycles. The summed E-state index contributed by atoms with van der Waals surface area (Å²) < 4.78 is 0. The second-order valence-corrected chi connectivity index (χ2v) is 8.68. The summed E-state index contributed by atoms with van der Waals surface area (Å²) in [6.45, 7) is 0. The van der Waals surface area contributed by atoms with Crippen LogP contribution in [-0.4, -0.2) is 12.5 Å². The van der Waals surface area contributed by atoms with Crippen molar-refractivity contribution in [2.45, 2.75) is 9.79 Å². The molecule has 96 valence electrons. The summed E-state index contributed by atoms with van der Waals surface area (Å²) in [6.07, 6.45) is 4.76. The molecule has 0 N–H and O–H groups in total. The summed E-state index contributed by atoms with van der Waals surface area (Å²) in [4.78, 5) is 2.91. The quantitative estimate of drug-likeness (QED) is 0.588. The lowest BCUT2D eigenvalue weighted by atomic mass is 10.1. The van der Waals surface area contributed by atoms with E-state index in [1.165, 1.54) is 20.6 Å². The van der Waals surface area contributed by atoms with Crippen molar-refractivity contribution in [1.82, 2.24) is 0 Å². The Hall–Kier alpha value is -1.73. The molecule has 0 saturated carbocycles. The first-order chi connectivity index (χ1) is 9.19. The highest BCUT2D eigenvalue weighted by Crippen LogP contribution is 2.58. The topological polar surface area (TPSA) is 0 Å². The highest BCUT2D eigenvalue weighted by Gasteiger charge is 2.19. The van der Waals surface area contributed by atoms with E-state index in [0.29, 0.717) is 0 Å². The lowest BCUT2D eigenvalue weighted by molar-refractivity contribution is 1.39. The average molecular weight is 266 g/mol. The van der Waals surface area contributed by atoms with Crippen molar-refractivity contribution in [2.75, 3.05) is 12.5 Å². The van der Waals surface area contributed by atoms with E-state index in [9.17, 15) is 0 Å². The van der Waals surface area contributed by atoms with E-state index in [1.807, 2.05) is 0 Å². The van der Waals surface area contributed by atoms with E-state index in [-0.39, 0.29) is 0 Å². The summed E-state index contributed by atoms with van der Waals surface area (Å²) in [7, 11) is -0.966. The summed E-state index contributed by atoms with van der Waals surface area (Å²) >= 11 is 0. The Morgan fingerprint density at radius 3 is 2.05 bits per heavy atom. The molecule has 0 bridgehead atoms. The number of rotatable bonds is 2. The van der Waals surface area contributed by atoms with Gasteiger partial charge in [-0.25, -0.2) is 0 Å². The summed E-state index contributed by atoms with van der Waals surface area (Å²) in [5.41, 5.74) is 0. The number of benzene rings is 3. The minimum absolute atomic E-state index is 0.966. The van der Waals surface area contributed by atoms with Crippen LogP contribution in [0.3, 0.4) is 0 Å². The van der Waals surface area contributed by atoms with Crippen LogP contribution in [0.15, 0.2) is 82.6 Å². The molecule has 0 unspecified atom stereocenters. The maximum absolute atomic E-state index is 2.38. The van der Waals surface area contributed by atoms with E-state index in [1.54, 1.807) is 0 Å². The molecule has 0 radical (unpaired) electrons. The van der Waals surface area contributed by atoms with Gasteiger partial charge in [-0.1, -0.05) is 54.6 Å². The number of fused-ring (bicyclic) bond motifs is 1. The van der Waals surface area contributed by atoms with Crippen molar-refractivity contribution in [1.29, 1.82) is 0 Å². The molecule has 0 spiro atoms. The molecule has 0 amide bonds. The normalized spacial score (nSPS) is 12.5. The Kier molecular flexibility index (Phi) is 3.08. The molecule has 3 rings (SSSR count). The van der Waals surface area contributed by atoms with Crippen molar-refractivity contribution >= 4 is 20.8 Å². The first-order valence-corrected chi connectivity index (χ1v) is 8.91. The van der Waals surface area contributed by atoms with Crippen LogP contribution in [-0.2, 0) is 0 Å². The molecular formula is C18H18S. The highest BCUT2D eigenvalue weighted by atomic mass is 32.3. The average Bonchev–Trinajstić information content (AvgIpc) is 2.47. The van der Waals surface area contributed by atoms with E-state index in [0.717, 1.165) is 0 Å². The summed E-state index contributed by atoms with van der Waals surface area (Å²) in [5, 5.41) is 2.71. The van der Waals surface area contributed by atoms with Crippen molar-refractivity contribution in [3.63, 3.8) is 0 Å². The smallest absolute Gasteiger partial charge is 0.00147 e. The molecule has 0 nitrogen and oxygen atoms in total. The summed E-state index contributed by atoms with van der Waals surface area (Å²) in [5.74, 6) is 0. The predicted molar refractivity (Wildman–Crippen MR) is 86.4 cm³/mol. The zero-order chi connectivity index (χ0) is 13.3. The fraction of sp³-hybridized carbons (Fsp3) is 0.111. The van der Waals surface area contributed by atoms with Crippen LogP contribution in [0.1, 0.15) is 0 Å². The fourth-order valence-corrected chi connectivity index (χ4v) is 4.77. The molecule has 1 heteroatoms. The Bertz CT molecular complexity index is 694. The van der Waals surface area contributed by atoms with Crippen LogP contribution < -0.4 is 0 Å². The maximum atomic E-state index is 2.38. The van der Waals surface area contributed by atoms with E-state index in [4.69, 9.17) is 0 Å². The van der Waals surface area contributed by atoms with Crippen LogP contribution in [0.2, 0.25) is 0 Å². The van der Waals surface area contributed by atoms with Gasteiger partial charge in [-0.05, 0) is 46.4 Å². The minimum atomic E-state index is -0.966. The zero-order valence-corrected chi connectivity index (χ0v) is 12.2. The minimum Gasteiger partial charge on any atom is -0.193 e. The van der Waals surface area contributed by atoms with Crippen LogP contribution in [0.4, 0.5) is 0 Å². The molecule has 3 aromatic carbocycles. The molecule has 0 aromatic heterocycles. The second-order valence-electron chi connectivity index (χ2n) is 5.12. The third kappa shape index (κ3) is 2.15. The van der Waals surface area contributed by atoms with Gasteiger partial charge in [0.05, 0.1) is 0 Å². The first-order valence-electron chi connectivity index (χ1n) is 6.46. The van der Waals surface area contributed by atoms with Gasteiger partial charge in [-0.2, -0.15) is 10.0 Å². The number of hydrogen-bond acceptors (Lipinski definition) is 0. The SMILES string of the molecule is CS(C)(c1ccccc1)c1cccc2ccccc12. The Labute approximate surface area is 116 Å². The monoisotopic (exact) mass is 266 g/mol. The first kappa shape index (κ1) is 12.3. The third-order valence-corrected chi connectivity index (χ3v) is 6.54. The Morgan fingerprint density at radius 1 is 0.632 bits per heavy atom. The second kappa shape index (κ2) is 4.75. The van der Waals surface area contributed by atoms with Gasteiger partial charge in [0.15, 0.2) is 0 Å². The van der Waals surface area contributed by atoms with Gasteiger partial charge >= 0.3 is 0 Å². The van der Waals surface area contributed by atoms with Crippen molar-refractivity contribution in [3.05, 3.63) is 72.8 Å². The van der Waals surface area contributed by atoms with Gasteiger partial charge in [0.1, 0.15) is 0 Å². The van der Waals surface area contributed by atoms with Gasteiger partial charge in [0.2, 0.25) is 0 Å². The van der Waals surface area contributed by atoms with Crippen LogP contribution in [0.25, 0.3) is 10.8 Å². The maximum Gasteiger partial charge on any atom is 0.00147 e. The van der Waals surface area contributed by atoms with E-state index >= 15 is 0 Å². The largest absolute Gasteiger partial charge is 0.193 e. The lowest BCUT2D eigenvalue weighted by Crippen LogP contribution is -1.98. The van der Waals surface area contributed by atoms with Crippen LogP contribution >= 0.6 is 10.0 Å². The predicted octanol–water partition coefficient (Wildman–Crippen LogP) is 5.32. The molecule has 0 aliphatic rings. The third-order valence-electron chi connectivity index (χ3n) is 3.63. The molecule has 0 aliphatic carbocycles. The van der Waals surface area contributed by atoms with Crippen molar-refractivity contribution in [2.24, 2.45) is 0 Å². The lowest BCUT2D eigenvalue weighted by Gasteiger charge is -2.33. The molecule has 19 heavy (non-hydrogen) atoms. The molecule has 0 saturated heterocycles. The summed E-state index contributed by atoms with van der Waals surface area (Å²) in [6, 6.07) is 26.2. The molecule has 0 atom stereocenters. The van der Waals surface area contributed by atoms with Gasteiger partial charge < -0.3 is 0 Å². The van der Waals surface area contributed by atoms with Crippen LogP contribution in [0.5, 0.6) is 0 Å². The highest BCUT2D eigenvalue weighted by molar-refractivity contribution is 8.32. The standard InChI is InChI=1S/C18H18S/c1-19(2,16-11-4-3-5-12-16)18-14-8-10-15-9-6-7-13-17(15)18/h3-14H,1-2H3. The zero-order valence-electron chi connectivity index (χ0n) is 11.3. The van der Waals surface area contributed by atoms with Gasteiger partial charge in [0.25, 0.3) is 0 Å². The van der Waals surface area contributed by atoms with Gasteiger partial charge in [-0.15, -0.1) is 0 Å². The van der Waals surface area contributed by atoms with Crippen LogP contribution in [0, 0.1) is 0 Å². The fourth-order valence-electron chi connectivity index (χ4n) is 2.53.